The van der Waals surface area contributed by atoms with Crippen LogP contribution in [-0.2, 0) is 17.8 Å². The molecule has 0 saturated carbocycles. The third-order valence-electron chi connectivity index (χ3n) is 3.62. The van der Waals surface area contributed by atoms with E-state index in [0.29, 0.717) is 41.2 Å². The fraction of sp³-hybridized carbons (Fsp3) is 0.167. The molecule has 0 spiro atoms. The lowest BCUT2D eigenvalue weighted by molar-refractivity contribution is -0.136. The van der Waals surface area contributed by atoms with Gasteiger partial charge in [0.25, 0.3) is 0 Å². The second-order valence-corrected chi connectivity index (χ2v) is 5.74. The number of carboxylic acid groups (broad SMARTS) is 1. The van der Waals surface area contributed by atoms with Gasteiger partial charge in [0.15, 0.2) is 0 Å². The first-order valence-electron chi connectivity index (χ1n) is 8.12. The minimum atomic E-state index is -0.880. The summed E-state index contributed by atoms with van der Waals surface area (Å²) >= 11 is 0. The number of nitrogens with two attached hydrogens (primary N) is 1. The number of ether oxygens (including phenoxy) is 1. The standard InChI is InChI=1S/C18H18N6O3/c1-11-20-8-13(18(19)24-11)9-21-15-7-16(23-10-22-15)27-14-4-2-12(3-5-14)6-17(25)26/h2-5,7-8,10H,6,9H2,1H3,(H,25,26)(H2,19,20,24)(H,21,22,23). The van der Waals surface area contributed by atoms with Gasteiger partial charge in [0.2, 0.25) is 5.88 Å². The van der Waals surface area contributed by atoms with E-state index in [-0.39, 0.29) is 6.42 Å². The Morgan fingerprint density at radius 1 is 1.22 bits per heavy atom. The number of rotatable bonds is 7. The number of nitrogens with zero attached hydrogens (tertiary/aromatic N) is 4. The number of hydrogen-bond donors (Lipinski definition) is 3. The molecule has 9 nitrogen and oxygen atoms in total. The summed E-state index contributed by atoms with van der Waals surface area (Å²) in [5.41, 5.74) is 7.33. The zero-order valence-electron chi connectivity index (χ0n) is 14.6. The summed E-state index contributed by atoms with van der Waals surface area (Å²) in [5.74, 6) is 1.61. The number of hydrogen-bond acceptors (Lipinski definition) is 8. The van der Waals surface area contributed by atoms with Crippen LogP contribution < -0.4 is 15.8 Å². The molecule has 0 aliphatic rings. The molecule has 0 saturated heterocycles. The topological polar surface area (TPSA) is 136 Å². The highest BCUT2D eigenvalue weighted by molar-refractivity contribution is 5.70. The van der Waals surface area contributed by atoms with Crippen molar-refractivity contribution < 1.29 is 14.6 Å². The number of anilines is 2. The first kappa shape index (κ1) is 18.1. The average molecular weight is 366 g/mol. The van der Waals surface area contributed by atoms with Crippen molar-refractivity contribution in [2.24, 2.45) is 0 Å². The molecule has 4 N–H and O–H groups in total. The molecule has 27 heavy (non-hydrogen) atoms. The molecule has 0 aliphatic heterocycles. The van der Waals surface area contributed by atoms with E-state index in [1.54, 1.807) is 43.5 Å². The van der Waals surface area contributed by atoms with E-state index in [9.17, 15) is 4.79 Å². The van der Waals surface area contributed by atoms with Gasteiger partial charge in [0, 0.05) is 24.4 Å². The monoisotopic (exact) mass is 366 g/mol. The summed E-state index contributed by atoms with van der Waals surface area (Å²) in [4.78, 5) is 27.2. The van der Waals surface area contributed by atoms with Crippen LogP contribution in [0.3, 0.4) is 0 Å². The van der Waals surface area contributed by atoms with E-state index in [1.165, 1.54) is 6.33 Å². The predicted octanol–water partition coefficient (Wildman–Crippen LogP) is 2.19. The number of carboxylic acids is 1. The molecule has 2 heterocycles. The van der Waals surface area contributed by atoms with Crippen LogP contribution in [0, 0.1) is 6.92 Å². The largest absolute Gasteiger partial charge is 0.481 e. The van der Waals surface area contributed by atoms with Crippen molar-refractivity contribution in [2.45, 2.75) is 19.9 Å². The van der Waals surface area contributed by atoms with Gasteiger partial charge >= 0.3 is 5.97 Å². The summed E-state index contributed by atoms with van der Waals surface area (Å²) < 4.78 is 5.68. The molecule has 0 bridgehead atoms. The molecule has 0 unspecified atom stereocenters. The number of nitrogen functional groups attached to an aromatic ring is 1. The smallest absolute Gasteiger partial charge is 0.307 e. The number of nitrogens with one attached hydrogen (secondary N) is 1. The number of benzene rings is 1. The molecule has 3 aromatic rings. The van der Waals surface area contributed by atoms with Crippen molar-refractivity contribution in [3.63, 3.8) is 0 Å². The minimum Gasteiger partial charge on any atom is -0.481 e. The maximum Gasteiger partial charge on any atom is 0.307 e. The van der Waals surface area contributed by atoms with Gasteiger partial charge in [-0.05, 0) is 24.6 Å². The predicted molar refractivity (Wildman–Crippen MR) is 98.4 cm³/mol. The van der Waals surface area contributed by atoms with Gasteiger partial charge in [0.05, 0.1) is 6.42 Å². The molecule has 0 amide bonds. The van der Waals surface area contributed by atoms with Crippen molar-refractivity contribution in [3.8, 4) is 11.6 Å². The first-order chi connectivity index (χ1) is 13.0. The Balaban J connectivity index is 1.64. The highest BCUT2D eigenvalue weighted by Crippen LogP contribution is 2.21. The molecule has 3 rings (SSSR count). The highest BCUT2D eigenvalue weighted by Gasteiger charge is 2.06. The summed E-state index contributed by atoms with van der Waals surface area (Å²) in [5, 5.41) is 11.9. The number of aromatic nitrogens is 4. The highest BCUT2D eigenvalue weighted by atomic mass is 16.5. The Hall–Kier alpha value is -3.75. The van der Waals surface area contributed by atoms with Crippen molar-refractivity contribution in [3.05, 3.63) is 59.8 Å². The molecule has 138 valence electrons. The third-order valence-corrected chi connectivity index (χ3v) is 3.62. The second kappa shape index (κ2) is 8.09. The Bertz CT molecular complexity index is 946. The second-order valence-electron chi connectivity index (χ2n) is 5.74. The van der Waals surface area contributed by atoms with Crippen LogP contribution in [0.5, 0.6) is 11.6 Å². The lowest BCUT2D eigenvalue weighted by atomic mass is 10.1. The van der Waals surface area contributed by atoms with Gasteiger partial charge in [0.1, 0.15) is 29.5 Å². The zero-order valence-corrected chi connectivity index (χ0v) is 14.6. The summed E-state index contributed by atoms with van der Waals surface area (Å²) in [7, 11) is 0. The normalized spacial score (nSPS) is 10.4. The van der Waals surface area contributed by atoms with Gasteiger partial charge in [-0.2, -0.15) is 0 Å². The Morgan fingerprint density at radius 3 is 2.70 bits per heavy atom. The van der Waals surface area contributed by atoms with Gasteiger partial charge in [-0.15, -0.1) is 0 Å². The third kappa shape index (κ3) is 5.11. The van der Waals surface area contributed by atoms with Gasteiger partial charge in [-0.25, -0.2) is 19.9 Å². The Kier molecular flexibility index (Phi) is 5.41. The van der Waals surface area contributed by atoms with Crippen LogP contribution in [0.25, 0.3) is 0 Å². The lowest BCUT2D eigenvalue weighted by Crippen LogP contribution is -2.07. The van der Waals surface area contributed by atoms with E-state index in [0.717, 1.165) is 5.56 Å². The van der Waals surface area contributed by atoms with E-state index >= 15 is 0 Å². The molecule has 9 heteroatoms. The SMILES string of the molecule is Cc1ncc(CNc2cc(Oc3ccc(CC(=O)O)cc3)ncn2)c(N)n1. The van der Waals surface area contributed by atoms with Gasteiger partial charge < -0.3 is 20.9 Å². The molecule has 0 radical (unpaired) electrons. The average Bonchev–Trinajstić information content (AvgIpc) is 2.63. The van der Waals surface area contributed by atoms with E-state index in [1.807, 2.05) is 0 Å². The quantitative estimate of drug-likeness (QED) is 0.574. The van der Waals surface area contributed by atoms with E-state index in [2.05, 4.69) is 25.3 Å². The zero-order chi connectivity index (χ0) is 19.2. The fourth-order valence-electron chi connectivity index (χ4n) is 2.30. The van der Waals surface area contributed by atoms with Crippen molar-refractivity contribution >= 4 is 17.6 Å². The Morgan fingerprint density at radius 2 is 2.00 bits per heavy atom. The Labute approximate surface area is 155 Å². The summed E-state index contributed by atoms with van der Waals surface area (Å²) in [6.45, 7) is 2.18. The van der Waals surface area contributed by atoms with Crippen LogP contribution in [0.4, 0.5) is 11.6 Å². The maximum atomic E-state index is 10.7. The molecular formula is C18H18N6O3. The lowest BCUT2D eigenvalue weighted by Gasteiger charge is -2.09. The molecule has 1 aromatic carbocycles. The molecule has 0 aliphatic carbocycles. The van der Waals surface area contributed by atoms with Crippen LogP contribution >= 0.6 is 0 Å². The molecular weight excluding hydrogens is 348 g/mol. The maximum absolute atomic E-state index is 10.7. The fourth-order valence-corrected chi connectivity index (χ4v) is 2.30. The molecule has 2 aromatic heterocycles. The number of aliphatic carboxylic acids is 1. The van der Waals surface area contributed by atoms with Crippen molar-refractivity contribution in [2.75, 3.05) is 11.1 Å². The van der Waals surface area contributed by atoms with Crippen LogP contribution in [0.1, 0.15) is 17.0 Å². The molecule has 0 fully saturated rings. The number of aryl methyl sites for hydroxylation is 1. The van der Waals surface area contributed by atoms with Crippen LogP contribution in [-0.4, -0.2) is 31.0 Å². The van der Waals surface area contributed by atoms with Gasteiger partial charge in [-0.1, -0.05) is 12.1 Å². The van der Waals surface area contributed by atoms with Crippen LogP contribution in [0.15, 0.2) is 42.9 Å². The van der Waals surface area contributed by atoms with Crippen molar-refractivity contribution in [1.82, 2.24) is 19.9 Å². The van der Waals surface area contributed by atoms with E-state index < -0.39 is 5.97 Å². The first-order valence-corrected chi connectivity index (χ1v) is 8.12. The number of carbonyl (C=O) groups is 1. The minimum absolute atomic E-state index is 0.0340. The van der Waals surface area contributed by atoms with Gasteiger partial charge in [-0.3, -0.25) is 4.79 Å². The van der Waals surface area contributed by atoms with Crippen molar-refractivity contribution in [1.29, 1.82) is 0 Å². The summed E-state index contributed by atoms with van der Waals surface area (Å²) in [6.07, 6.45) is 3.02. The van der Waals surface area contributed by atoms with E-state index in [4.69, 9.17) is 15.6 Å². The summed E-state index contributed by atoms with van der Waals surface area (Å²) in [6, 6.07) is 8.43. The molecule has 0 atom stereocenters. The van der Waals surface area contributed by atoms with Crippen LogP contribution in [0.2, 0.25) is 0 Å².